The van der Waals surface area contributed by atoms with Gasteiger partial charge in [-0.05, 0) is 35.6 Å². The molecule has 0 aliphatic carbocycles. The molecule has 0 aliphatic heterocycles. The smallest absolute Gasteiger partial charge is 0.0485 e. The molecule has 0 unspecified atom stereocenters. The largest absolute Gasteiger partial charge is 0.396 e. The third-order valence-corrected chi connectivity index (χ3v) is 2.71. The van der Waals surface area contributed by atoms with Crippen LogP contribution in [0, 0.1) is 5.41 Å². The van der Waals surface area contributed by atoms with E-state index in [2.05, 4.69) is 0 Å². The minimum absolute atomic E-state index is 0.135. The van der Waals surface area contributed by atoms with Crippen molar-refractivity contribution < 1.29 is 5.11 Å². The van der Waals surface area contributed by atoms with Gasteiger partial charge in [-0.25, -0.2) is 0 Å². The van der Waals surface area contributed by atoms with Gasteiger partial charge in [0.15, 0.2) is 0 Å². The first-order valence-corrected chi connectivity index (χ1v) is 5.25. The zero-order valence-electron chi connectivity index (χ0n) is 8.35. The molecule has 0 fully saturated rings. The molecule has 0 aliphatic rings. The van der Waals surface area contributed by atoms with Gasteiger partial charge in [-0.1, -0.05) is 37.0 Å². The normalized spacial score (nSPS) is 11.8. The van der Waals surface area contributed by atoms with Crippen LogP contribution in [0.1, 0.15) is 19.4 Å². The molecule has 3 heteroatoms. The Bertz CT molecular complexity index is 321. The van der Waals surface area contributed by atoms with Gasteiger partial charge >= 0.3 is 0 Å². The number of aliphatic hydroxyl groups is 1. The summed E-state index contributed by atoms with van der Waals surface area (Å²) < 4.78 is 0. The first kappa shape index (κ1) is 11.8. The number of rotatable bonds is 3. The standard InChI is InChI=1S/C11H14Cl2O/c1-11(2,7-14)6-8-5-9(12)3-4-10(8)13/h3-5,14H,6-7H2,1-2H3. The number of hydrogen-bond donors (Lipinski definition) is 1. The maximum Gasteiger partial charge on any atom is 0.0485 e. The topological polar surface area (TPSA) is 20.2 Å². The van der Waals surface area contributed by atoms with Crippen LogP contribution in [-0.4, -0.2) is 11.7 Å². The second-order valence-electron chi connectivity index (χ2n) is 4.23. The number of hydrogen-bond acceptors (Lipinski definition) is 1. The van der Waals surface area contributed by atoms with Crippen molar-refractivity contribution in [3.05, 3.63) is 33.8 Å². The molecule has 1 nitrogen and oxygen atoms in total. The van der Waals surface area contributed by atoms with Gasteiger partial charge in [0, 0.05) is 16.7 Å². The lowest BCUT2D eigenvalue weighted by molar-refractivity contribution is 0.159. The predicted molar refractivity (Wildman–Crippen MR) is 61.0 cm³/mol. The Kier molecular flexibility index (Phi) is 3.82. The molecular weight excluding hydrogens is 219 g/mol. The van der Waals surface area contributed by atoms with Gasteiger partial charge in [0.2, 0.25) is 0 Å². The van der Waals surface area contributed by atoms with Gasteiger partial charge in [0.25, 0.3) is 0 Å². The number of aliphatic hydroxyl groups excluding tert-OH is 1. The maximum absolute atomic E-state index is 9.14. The minimum Gasteiger partial charge on any atom is -0.396 e. The molecule has 14 heavy (non-hydrogen) atoms. The average Bonchev–Trinajstić information content (AvgIpc) is 2.11. The highest BCUT2D eigenvalue weighted by Crippen LogP contribution is 2.28. The lowest BCUT2D eigenvalue weighted by atomic mass is 9.87. The van der Waals surface area contributed by atoms with Crippen molar-refractivity contribution in [2.45, 2.75) is 20.3 Å². The molecule has 1 aromatic rings. The molecule has 0 spiro atoms. The second-order valence-corrected chi connectivity index (χ2v) is 5.08. The Hall–Kier alpha value is -0.240. The third-order valence-electron chi connectivity index (χ3n) is 2.10. The van der Waals surface area contributed by atoms with Crippen molar-refractivity contribution in [3.8, 4) is 0 Å². The van der Waals surface area contributed by atoms with E-state index in [4.69, 9.17) is 28.3 Å². The first-order valence-electron chi connectivity index (χ1n) is 4.49. The van der Waals surface area contributed by atoms with Crippen LogP contribution in [0.2, 0.25) is 10.0 Å². The highest BCUT2D eigenvalue weighted by Gasteiger charge is 2.18. The Labute approximate surface area is 94.7 Å². The third kappa shape index (κ3) is 3.16. The van der Waals surface area contributed by atoms with Gasteiger partial charge in [-0.15, -0.1) is 0 Å². The zero-order chi connectivity index (χ0) is 10.8. The molecule has 0 bridgehead atoms. The fourth-order valence-corrected chi connectivity index (χ4v) is 1.63. The molecule has 0 radical (unpaired) electrons. The van der Waals surface area contributed by atoms with Crippen LogP contribution in [0.5, 0.6) is 0 Å². The summed E-state index contributed by atoms with van der Waals surface area (Å²) in [5.41, 5.74) is 0.826. The van der Waals surface area contributed by atoms with E-state index in [0.717, 1.165) is 12.0 Å². The maximum atomic E-state index is 9.14. The quantitative estimate of drug-likeness (QED) is 0.846. The van der Waals surface area contributed by atoms with Crippen LogP contribution in [0.4, 0.5) is 0 Å². The highest BCUT2D eigenvalue weighted by molar-refractivity contribution is 6.33. The van der Waals surface area contributed by atoms with E-state index in [1.54, 1.807) is 12.1 Å². The van der Waals surface area contributed by atoms with Crippen LogP contribution >= 0.6 is 23.2 Å². The van der Waals surface area contributed by atoms with Gasteiger partial charge in [0.05, 0.1) is 0 Å². The molecule has 0 heterocycles. The zero-order valence-corrected chi connectivity index (χ0v) is 9.86. The van der Waals surface area contributed by atoms with E-state index in [1.165, 1.54) is 0 Å². The van der Waals surface area contributed by atoms with E-state index in [9.17, 15) is 0 Å². The summed E-state index contributed by atoms with van der Waals surface area (Å²) in [5, 5.41) is 10.5. The fraction of sp³-hybridized carbons (Fsp3) is 0.455. The molecule has 0 amide bonds. The molecular formula is C11H14Cl2O. The molecule has 1 aromatic carbocycles. The molecule has 0 atom stereocenters. The van der Waals surface area contributed by atoms with E-state index in [0.29, 0.717) is 10.0 Å². The van der Waals surface area contributed by atoms with E-state index in [1.807, 2.05) is 19.9 Å². The van der Waals surface area contributed by atoms with Crippen molar-refractivity contribution in [2.24, 2.45) is 5.41 Å². The Morgan fingerprint density at radius 1 is 1.29 bits per heavy atom. The van der Waals surface area contributed by atoms with Gasteiger partial charge in [0.1, 0.15) is 0 Å². The summed E-state index contributed by atoms with van der Waals surface area (Å²) in [6.45, 7) is 4.12. The van der Waals surface area contributed by atoms with Crippen molar-refractivity contribution in [2.75, 3.05) is 6.61 Å². The summed E-state index contributed by atoms with van der Waals surface area (Å²) >= 11 is 11.9. The summed E-state index contributed by atoms with van der Waals surface area (Å²) in [4.78, 5) is 0. The summed E-state index contributed by atoms with van der Waals surface area (Å²) in [7, 11) is 0. The van der Waals surface area contributed by atoms with E-state index in [-0.39, 0.29) is 12.0 Å². The van der Waals surface area contributed by atoms with Crippen molar-refractivity contribution in [1.82, 2.24) is 0 Å². The van der Waals surface area contributed by atoms with E-state index >= 15 is 0 Å². The molecule has 78 valence electrons. The molecule has 1 N–H and O–H groups in total. The van der Waals surface area contributed by atoms with Crippen LogP contribution in [0.15, 0.2) is 18.2 Å². The first-order chi connectivity index (χ1) is 6.44. The molecule has 0 aromatic heterocycles. The van der Waals surface area contributed by atoms with Gasteiger partial charge in [-0.2, -0.15) is 0 Å². The van der Waals surface area contributed by atoms with Crippen molar-refractivity contribution in [3.63, 3.8) is 0 Å². The summed E-state index contributed by atoms with van der Waals surface area (Å²) in [5.74, 6) is 0. The summed E-state index contributed by atoms with van der Waals surface area (Å²) in [6, 6.07) is 5.40. The SMILES string of the molecule is CC(C)(CO)Cc1cc(Cl)ccc1Cl. The Morgan fingerprint density at radius 2 is 1.93 bits per heavy atom. The van der Waals surface area contributed by atoms with E-state index < -0.39 is 0 Å². The molecule has 1 rings (SSSR count). The minimum atomic E-state index is -0.158. The van der Waals surface area contributed by atoms with Crippen LogP contribution in [-0.2, 0) is 6.42 Å². The van der Waals surface area contributed by atoms with Crippen molar-refractivity contribution >= 4 is 23.2 Å². The lowest BCUT2D eigenvalue weighted by Gasteiger charge is -2.22. The molecule has 0 saturated carbocycles. The van der Waals surface area contributed by atoms with Crippen LogP contribution in [0.3, 0.4) is 0 Å². The number of benzene rings is 1. The Morgan fingerprint density at radius 3 is 2.50 bits per heavy atom. The lowest BCUT2D eigenvalue weighted by Crippen LogP contribution is -2.19. The monoisotopic (exact) mass is 232 g/mol. The van der Waals surface area contributed by atoms with Crippen LogP contribution < -0.4 is 0 Å². The summed E-state index contributed by atoms with van der Waals surface area (Å²) in [6.07, 6.45) is 0.725. The fourth-order valence-electron chi connectivity index (χ4n) is 1.25. The Balaban J connectivity index is 2.91. The predicted octanol–water partition coefficient (Wildman–Crippen LogP) is 3.55. The highest BCUT2D eigenvalue weighted by atomic mass is 35.5. The van der Waals surface area contributed by atoms with Crippen molar-refractivity contribution in [1.29, 1.82) is 0 Å². The van der Waals surface area contributed by atoms with Crippen LogP contribution in [0.25, 0.3) is 0 Å². The second kappa shape index (κ2) is 4.52. The number of halogens is 2. The van der Waals surface area contributed by atoms with Gasteiger partial charge < -0.3 is 5.11 Å². The van der Waals surface area contributed by atoms with Gasteiger partial charge in [-0.3, -0.25) is 0 Å². The molecule has 0 saturated heterocycles. The average molecular weight is 233 g/mol.